The van der Waals surface area contributed by atoms with Crippen molar-refractivity contribution in [3.05, 3.63) is 34.2 Å². The van der Waals surface area contributed by atoms with Gasteiger partial charge in [-0.1, -0.05) is 0 Å². The van der Waals surface area contributed by atoms with Crippen molar-refractivity contribution < 1.29 is 18.0 Å². The third-order valence-corrected chi connectivity index (χ3v) is 2.08. The van der Waals surface area contributed by atoms with Crippen LogP contribution < -0.4 is 11.3 Å². The van der Waals surface area contributed by atoms with E-state index in [4.69, 9.17) is 5.73 Å². The summed E-state index contributed by atoms with van der Waals surface area (Å²) in [5.41, 5.74) is 4.51. The number of alkyl halides is 3. The molecule has 0 fully saturated rings. The lowest BCUT2D eigenvalue weighted by atomic mass is 10.2. The van der Waals surface area contributed by atoms with E-state index in [0.717, 1.165) is 6.07 Å². The average Bonchev–Trinajstić information content (AvgIpc) is 2.26. The van der Waals surface area contributed by atoms with Gasteiger partial charge in [0.05, 0.1) is 0 Å². The van der Waals surface area contributed by atoms with Crippen LogP contribution in [0.3, 0.4) is 0 Å². The highest BCUT2D eigenvalue weighted by Crippen LogP contribution is 2.17. The van der Waals surface area contributed by atoms with Gasteiger partial charge in [-0.2, -0.15) is 13.2 Å². The summed E-state index contributed by atoms with van der Waals surface area (Å²) in [7, 11) is 0. The highest BCUT2D eigenvalue weighted by molar-refractivity contribution is 5.94. The molecule has 0 aliphatic carbocycles. The van der Waals surface area contributed by atoms with Crippen molar-refractivity contribution >= 4 is 5.91 Å². The first-order chi connectivity index (χ1) is 8.33. The highest BCUT2D eigenvalue weighted by Gasteiger charge is 2.33. The van der Waals surface area contributed by atoms with Gasteiger partial charge in [-0.15, -0.1) is 0 Å². The van der Waals surface area contributed by atoms with Crippen molar-refractivity contribution in [3.8, 4) is 0 Å². The molecule has 100 valence electrons. The Bertz CT molecular complexity index is 470. The Morgan fingerprint density at radius 3 is 2.61 bits per heavy atom. The normalized spacial score (nSPS) is 11.3. The zero-order chi connectivity index (χ0) is 13.8. The molecular weight excluding hydrogens is 251 g/mol. The molecule has 1 heterocycles. The SMILES string of the molecule is NCCN(CC(F)(F)F)C(=O)c1cc[nH]c(=O)c1. The first-order valence-electron chi connectivity index (χ1n) is 5.08. The summed E-state index contributed by atoms with van der Waals surface area (Å²) in [6.07, 6.45) is -3.31. The number of aromatic amines is 1. The minimum Gasteiger partial charge on any atom is -0.329 e. The molecule has 0 spiro atoms. The van der Waals surface area contributed by atoms with Gasteiger partial charge in [0.2, 0.25) is 5.56 Å². The second-order valence-electron chi connectivity index (χ2n) is 3.57. The Morgan fingerprint density at radius 1 is 1.44 bits per heavy atom. The van der Waals surface area contributed by atoms with Crippen LogP contribution in [-0.4, -0.2) is 41.6 Å². The second-order valence-corrected chi connectivity index (χ2v) is 3.57. The predicted octanol–water partition coefficient (Wildman–Crippen LogP) is 0.338. The average molecular weight is 263 g/mol. The number of nitrogens with two attached hydrogens (primary N) is 1. The minimum absolute atomic E-state index is 0.0923. The lowest BCUT2D eigenvalue weighted by Gasteiger charge is -2.23. The molecule has 1 aromatic rings. The number of pyridine rings is 1. The standard InChI is InChI=1S/C10H12F3N3O2/c11-10(12,13)6-16(4-2-14)9(18)7-1-3-15-8(17)5-7/h1,3,5H,2,4,6,14H2,(H,15,17). The van der Waals surface area contributed by atoms with E-state index in [0.29, 0.717) is 4.90 Å². The third kappa shape index (κ3) is 4.21. The highest BCUT2D eigenvalue weighted by atomic mass is 19.4. The van der Waals surface area contributed by atoms with E-state index in [9.17, 15) is 22.8 Å². The van der Waals surface area contributed by atoms with Crippen molar-refractivity contribution in [1.82, 2.24) is 9.88 Å². The number of carbonyl (C=O) groups excluding carboxylic acids is 1. The molecule has 0 atom stereocenters. The van der Waals surface area contributed by atoms with E-state index in [1.807, 2.05) is 0 Å². The van der Waals surface area contributed by atoms with Crippen molar-refractivity contribution in [2.45, 2.75) is 6.18 Å². The van der Waals surface area contributed by atoms with Gasteiger partial charge >= 0.3 is 6.18 Å². The van der Waals surface area contributed by atoms with E-state index >= 15 is 0 Å². The van der Waals surface area contributed by atoms with Gasteiger partial charge in [-0.25, -0.2) is 0 Å². The number of aromatic nitrogens is 1. The summed E-state index contributed by atoms with van der Waals surface area (Å²) in [6, 6.07) is 2.19. The summed E-state index contributed by atoms with van der Waals surface area (Å²) in [6.45, 7) is -1.72. The minimum atomic E-state index is -4.51. The molecule has 0 saturated carbocycles. The fourth-order valence-electron chi connectivity index (χ4n) is 1.38. The number of carbonyl (C=O) groups is 1. The van der Waals surface area contributed by atoms with Crippen molar-refractivity contribution in [2.24, 2.45) is 5.73 Å². The maximum atomic E-state index is 12.3. The molecule has 3 N–H and O–H groups in total. The molecule has 0 unspecified atom stereocenters. The Balaban J connectivity index is 2.92. The molecule has 0 bridgehead atoms. The van der Waals surface area contributed by atoms with Gasteiger partial charge in [0, 0.05) is 30.9 Å². The molecule has 0 aliphatic rings. The maximum Gasteiger partial charge on any atom is 0.406 e. The van der Waals surface area contributed by atoms with Gasteiger partial charge in [-0.05, 0) is 6.07 Å². The lowest BCUT2D eigenvalue weighted by Crippen LogP contribution is -2.42. The molecule has 1 rings (SSSR count). The monoisotopic (exact) mass is 263 g/mol. The molecule has 8 heteroatoms. The Hall–Kier alpha value is -1.83. The van der Waals surface area contributed by atoms with E-state index in [1.54, 1.807) is 0 Å². The number of hydrogen-bond donors (Lipinski definition) is 2. The number of halogens is 3. The Kier molecular flexibility index (Phi) is 4.49. The van der Waals surface area contributed by atoms with E-state index < -0.39 is 24.2 Å². The topological polar surface area (TPSA) is 79.2 Å². The quantitative estimate of drug-likeness (QED) is 0.822. The molecule has 1 amide bonds. The summed E-state index contributed by atoms with van der Waals surface area (Å²) >= 11 is 0. The molecule has 5 nitrogen and oxygen atoms in total. The molecular formula is C10H12F3N3O2. The number of H-pyrrole nitrogens is 1. The van der Waals surface area contributed by atoms with Gasteiger partial charge in [0.1, 0.15) is 6.54 Å². The third-order valence-electron chi connectivity index (χ3n) is 2.08. The first kappa shape index (κ1) is 14.2. The molecule has 0 saturated heterocycles. The van der Waals surface area contributed by atoms with Crippen LogP contribution in [0.1, 0.15) is 10.4 Å². The number of rotatable bonds is 4. The van der Waals surface area contributed by atoms with Crippen LogP contribution >= 0.6 is 0 Å². The number of nitrogens with zero attached hydrogens (tertiary/aromatic N) is 1. The number of nitrogens with one attached hydrogen (secondary N) is 1. The summed E-state index contributed by atoms with van der Waals surface area (Å²) in [5.74, 6) is -0.871. The van der Waals surface area contributed by atoms with Crippen LogP contribution in [0.5, 0.6) is 0 Å². The van der Waals surface area contributed by atoms with Crippen LogP contribution in [0.2, 0.25) is 0 Å². The lowest BCUT2D eigenvalue weighted by molar-refractivity contribution is -0.140. The number of amides is 1. The number of hydrogen-bond acceptors (Lipinski definition) is 3. The fraction of sp³-hybridized carbons (Fsp3) is 0.400. The van der Waals surface area contributed by atoms with Crippen molar-refractivity contribution in [2.75, 3.05) is 19.6 Å². The van der Waals surface area contributed by atoms with Crippen LogP contribution in [-0.2, 0) is 0 Å². The predicted molar refractivity (Wildman–Crippen MR) is 58.1 cm³/mol. The van der Waals surface area contributed by atoms with Gasteiger partial charge in [0.25, 0.3) is 5.91 Å². The Morgan fingerprint density at radius 2 is 2.11 bits per heavy atom. The van der Waals surface area contributed by atoms with Crippen molar-refractivity contribution in [3.63, 3.8) is 0 Å². The van der Waals surface area contributed by atoms with E-state index in [1.165, 1.54) is 12.3 Å². The second kappa shape index (κ2) is 5.67. The first-order valence-corrected chi connectivity index (χ1v) is 5.08. The molecule has 1 aromatic heterocycles. The summed E-state index contributed by atoms with van der Waals surface area (Å²) in [4.78, 5) is 25.6. The van der Waals surface area contributed by atoms with E-state index in [2.05, 4.69) is 4.98 Å². The van der Waals surface area contributed by atoms with Crippen LogP contribution in [0, 0.1) is 0 Å². The smallest absolute Gasteiger partial charge is 0.329 e. The van der Waals surface area contributed by atoms with Crippen molar-refractivity contribution in [1.29, 1.82) is 0 Å². The van der Waals surface area contributed by atoms with Gasteiger partial charge in [0.15, 0.2) is 0 Å². The Labute approximate surface area is 100 Å². The van der Waals surface area contributed by atoms with Gasteiger partial charge < -0.3 is 15.6 Å². The van der Waals surface area contributed by atoms with E-state index in [-0.39, 0.29) is 18.7 Å². The largest absolute Gasteiger partial charge is 0.406 e. The molecule has 18 heavy (non-hydrogen) atoms. The molecule has 0 radical (unpaired) electrons. The zero-order valence-corrected chi connectivity index (χ0v) is 9.33. The maximum absolute atomic E-state index is 12.3. The summed E-state index contributed by atoms with van der Waals surface area (Å²) < 4.78 is 36.8. The summed E-state index contributed by atoms with van der Waals surface area (Å²) in [5, 5.41) is 0. The van der Waals surface area contributed by atoms with Crippen LogP contribution in [0.25, 0.3) is 0 Å². The molecule has 0 aliphatic heterocycles. The van der Waals surface area contributed by atoms with Crippen LogP contribution in [0.15, 0.2) is 23.1 Å². The van der Waals surface area contributed by atoms with Gasteiger partial charge in [-0.3, -0.25) is 9.59 Å². The van der Waals surface area contributed by atoms with Crippen LogP contribution in [0.4, 0.5) is 13.2 Å². The zero-order valence-electron chi connectivity index (χ0n) is 9.33. The molecule has 0 aromatic carbocycles. The fourth-order valence-corrected chi connectivity index (χ4v) is 1.38.